The van der Waals surface area contributed by atoms with Gasteiger partial charge in [-0.1, -0.05) is 12.1 Å². The number of carbonyl (C=O) groups is 1. The van der Waals surface area contributed by atoms with E-state index >= 15 is 0 Å². The number of nitrogens with zero attached hydrogens (tertiary/aromatic N) is 4. The van der Waals surface area contributed by atoms with E-state index in [0.717, 1.165) is 12.3 Å². The minimum Gasteiger partial charge on any atom is -0.354 e. The third-order valence-electron chi connectivity index (χ3n) is 4.75. The Labute approximate surface area is 166 Å². The van der Waals surface area contributed by atoms with Crippen LogP contribution in [0.25, 0.3) is 0 Å². The number of pyridine rings is 1. The molecular formula is C20H20F3N5O. The lowest BCUT2D eigenvalue weighted by Gasteiger charge is -2.35. The van der Waals surface area contributed by atoms with Crippen LogP contribution in [-0.4, -0.2) is 48.5 Å². The number of nitrogens with one attached hydrogen (secondary N) is 1. The normalized spacial score (nSPS) is 15.0. The number of aromatic nitrogens is 1. The number of alkyl halides is 3. The summed E-state index contributed by atoms with van der Waals surface area (Å²) in [6.45, 7) is 3.18. The highest BCUT2D eigenvalue weighted by molar-refractivity contribution is 5.92. The van der Waals surface area contributed by atoms with Gasteiger partial charge in [-0.2, -0.15) is 18.4 Å². The Morgan fingerprint density at radius 1 is 1.14 bits per heavy atom. The summed E-state index contributed by atoms with van der Waals surface area (Å²) in [5.74, 6) is 0.350. The van der Waals surface area contributed by atoms with E-state index in [1.54, 1.807) is 24.3 Å². The number of hydrogen-bond acceptors (Lipinski definition) is 5. The van der Waals surface area contributed by atoms with Crippen molar-refractivity contribution >= 4 is 17.4 Å². The van der Waals surface area contributed by atoms with Crippen LogP contribution in [-0.2, 0) is 11.0 Å². The van der Waals surface area contributed by atoms with Crippen LogP contribution in [0.4, 0.5) is 24.7 Å². The molecule has 0 saturated carbocycles. The summed E-state index contributed by atoms with van der Waals surface area (Å²) in [4.78, 5) is 20.1. The third kappa shape index (κ3) is 5.45. The molecule has 1 N–H and O–H groups in total. The number of carbonyl (C=O) groups excluding carboxylic acids is 1. The number of piperazine rings is 1. The molecule has 0 spiro atoms. The molecule has 1 aromatic carbocycles. The van der Waals surface area contributed by atoms with Gasteiger partial charge in [0.2, 0.25) is 5.91 Å². The molecule has 9 heteroatoms. The van der Waals surface area contributed by atoms with Crippen molar-refractivity contribution in [3.8, 4) is 6.07 Å². The van der Waals surface area contributed by atoms with Crippen LogP contribution in [0, 0.1) is 11.3 Å². The molecule has 2 aromatic rings. The fourth-order valence-corrected chi connectivity index (χ4v) is 3.10. The molecular weight excluding hydrogens is 383 g/mol. The van der Waals surface area contributed by atoms with Crippen LogP contribution in [0.15, 0.2) is 42.6 Å². The van der Waals surface area contributed by atoms with Gasteiger partial charge in [0.05, 0.1) is 16.8 Å². The number of nitriles is 1. The molecule has 1 saturated heterocycles. The third-order valence-corrected chi connectivity index (χ3v) is 4.75. The SMILES string of the molecule is N#Cc1ccccc1NC(=O)CCN1CCN(c2ccc(C(F)(F)F)cn2)CC1. The highest BCUT2D eigenvalue weighted by atomic mass is 19.4. The summed E-state index contributed by atoms with van der Waals surface area (Å²) in [6, 6.07) is 11.3. The second-order valence-corrected chi connectivity index (χ2v) is 6.69. The van der Waals surface area contributed by atoms with Crippen LogP contribution >= 0.6 is 0 Å². The Kier molecular flexibility index (Phi) is 6.34. The van der Waals surface area contributed by atoms with E-state index in [1.807, 2.05) is 11.0 Å². The highest BCUT2D eigenvalue weighted by Crippen LogP contribution is 2.29. The van der Waals surface area contributed by atoms with Crippen LogP contribution in [0.2, 0.25) is 0 Å². The predicted molar refractivity (Wildman–Crippen MR) is 102 cm³/mol. The molecule has 1 fully saturated rings. The second-order valence-electron chi connectivity index (χ2n) is 6.69. The molecule has 6 nitrogen and oxygen atoms in total. The lowest BCUT2D eigenvalue weighted by Crippen LogP contribution is -2.47. The molecule has 152 valence electrons. The largest absolute Gasteiger partial charge is 0.417 e. The van der Waals surface area contributed by atoms with Gasteiger partial charge in [0.1, 0.15) is 11.9 Å². The molecule has 3 rings (SSSR count). The highest BCUT2D eigenvalue weighted by Gasteiger charge is 2.31. The van der Waals surface area contributed by atoms with E-state index in [-0.39, 0.29) is 12.3 Å². The van der Waals surface area contributed by atoms with Crippen LogP contribution in [0.1, 0.15) is 17.5 Å². The molecule has 1 aliphatic rings. The van der Waals surface area contributed by atoms with E-state index < -0.39 is 11.7 Å². The minimum atomic E-state index is -4.39. The van der Waals surface area contributed by atoms with E-state index in [0.29, 0.717) is 49.8 Å². The molecule has 1 amide bonds. The molecule has 0 atom stereocenters. The van der Waals surface area contributed by atoms with Crippen LogP contribution < -0.4 is 10.2 Å². The van der Waals surface area contributed by atoms with Gasteiger partial charge in [0.15, 0.2) is 0 Å². The average Bonchev–Trinajstić information content (AvgIpc) is 2.72. The Morgan fingerprint density at radius 2 is 1.86 bits per heavy atom. The van der Waals surface area contributed by atoms with E-state index in [4.69, 9.17) is 5.26 Å². The first-order valence-electron chi connectivity index (χ1n) is 9.16. The molecule has 0 bridgehead atoms. The quantitative estimate of drug-likeness (QED) is 0.831. The van der Waals surface area contributed by atoms with Crippen molar-refractivity contribution in [2.75, 3.05) is 42.9 Å². The maximum atomic E-state index is 12.6. The smallest absolute Gasteiger partial charge is 0.354 e. The van der Waals surface area contributed by atoms with Gasteiger partial charge >= 0.3 is 6.18 Å². The number of halogens is 3. The Morgan fingerprint density at radius 3 is 2.48 bits per heavy atom. The summed E-state index contributed by atoms with van der Waals surface area (Å²) < 4.78 is 37.9. The van der Waals surface area contributed by atoms with E-state index in [1.165, 1.54) is 6.07 Å². The summed E-state index contributed by atoms with van der Waals surface area (Å²) >= 11 is 0. The van der Waals surface area contributed by atoms with Gasteiger partial charge in [0, 0.05) is 45.3 Å². The van der Waals surface area contributed by atoms with Gasteiger partial charge in [-0.3, -0.25) is 9.69 Å². The van der Waals surface area contributed by atoms with Crippen LogP contribution in [0.5, 0.6) is 0 Å². The molecule has 29 heavy (non-hydrogen) atoms. The predicted octanol–water partition coefficient (Wildman–Crippen LogP) is 3.12. The van der Waals surface area contributed by atoms with Crippen molar-refractivity contribution in [3.63, 3.8) is 0 Å². The Bertz CT molecular complexity index is 884. The number of rotatable bonds is 5. The van der Waals surface area contributed by atoms with Crippen molar-refractivity contribution in [1.29, 1.82) is 5.26 Å². The maximum Gasteiger partial charge on any atom is 0.417 e. The second kappa shape index (κ2) is 8.92. The Balaban J connectivity index is 1.45. The summed E-state index contributed by atoms with van der Waals surface area (Å²) in [7, 11) is 0. The average molecular weight is 403 g/mol. The first kappa shape index (κ1) is 20.6. The maximum absolute atomic E-state index is 12.6. The zero-order valence-electron chi connectivity index (χ0n) is 15.6. The van der Waals surface area contributed by atoms with Crippen molar-refractivity contribution in [3.05, 3.63) is 53.7 Å². The lowest BCUT2D eigenvalue weighted by atomic mass is 10.2. The number of hydrogen-bond donors (Lipinski definition) is 1. The standard InChI is InChI=1S/C20H20F3N5O/c21-20(22,23)16-5-6-18(25-14-16)28-11-9-27(10-12-28)8-7-19(29)26-17-4-2-1-3-15(17)13-24/h1-6,14H,7-12H2,(H,26,29). The van der Waals surface area contributed by atoms with Crippen molar-refractivity contribution in [1.82, 2.24) is 9.88 Å². The minimum absolute atomic E-state index is 0.167. The van der Waals surface area contributed by atoms with Gasteiger partial charge < -0.3 is 10.2 Å². The molecule has 1 aromatic heterocycles. The molecule has 2 heterocycles. The summed E-state index contributed by atoms with van der Waals surface area (Å²) in [6.07, 6.45) is -3.25. The first-order valence-corrected chi connectivity index (χ1v) is 9.16. The number of amides is 1. The summed E-state index contributed by atoms with van der Waals surface area (Å²) in [5, 5.41) is 11.8. The number of anilines is 2. The van der Waals surface area contributed by atoms with Crippen molar-refractivity contribution < 1.29 is 18.0 Å². The molecule has 0 radical (unpaired) electrons. The Hall–Kier alpha value is -3.12. The van der Waals surface area contributed by atoms with Gasteiger partial charge in [-0.05, 0) is 24.3 Å². The van der Waals surface area contributed by atoms with Gasteiger partial charge in [0.25, 0.3) is 0 Å². The van der Waals surface area contributed by atoms with Gasteiger partial charge in [-0.15, -0.1) is 0 Å². The monoisotopic (exact) mass is 403 g/mol. The lowest BCUT2D eigenvalue weighted by molar-refractivity contribution is -0.137. The summed E-state index contributed by atoms with van der Waals surface area (Å²) in [5.41, 5.74) is 0.153. The number of benzene rings is 1. The first-order chi connectivity index (χ1) is 13.9. The van der Waals surface area contributed by atoms with Crippen LogP contribution in [0.3, 0.4) is 0 Å². The zero-order chi connectivity index (χ0) is 20.9. The van der Waals surface area contributed by atoms with E-state index in [2.05, 4.69) is 15.2 Å². The number of para-hydroxylation sites is 1. The fraction of sp³-hybridized carbons (Fsp3) is 0.350. The van der Waals surface area contributed by atoms with Crippen molar-refractivity contribution in [2.24, 2.45) is 0 Å². The molecule has 0 aliphatic carbocycles. The zero-order valence-corrected chi connectivity index (χ0v) is 15.6. The molecule has 0 unspecified atom stereocenters. The molecule has 1 aliphatic heterocycles. The fourth-order valence-electron chi connectivity index (χ4n) is 3.10. The van der Waals surface area contributed by atoms with E-state index in [9.17, 15) is 18.0 Å². The topological polar surface area (TPSA) is 72.3 Å². The van der Waals surface area contributed by atoms with Crippen molar-refractivity contribution in [2.45, 2.75) is 12.6 Å². The van der Waals surface area contributed by atoms with Gasteiger partial charge in [-0.25, -0.2) is 4.98 Å².